The van der Waals surface area contributed by atoms with Crippen molar-refractivity contribution in [1.82, 2.24) is 4.98 Å². The van der Waals surface area contributed by atoms with E-state index < -0.39 is 0 Å². The minimum absolute atomic E-state index is 0.107. The maximum absolute atomic E-state index is 12.7. The molecule has 0 radical (unpaired) electrons. The van der Waals surface area contributed by atoms with E-state index in [4.69, 9.17) is 4.98 Å². The van der Waals surface area contributed by atoms with Gasteiger partial charge in [0.15, 0.2) is 5.13 Å². The van der Waals surface area contributed by atoms with Crippen LogP contribution in [0.1, 0.15) is 41.3 Å². The Morgan fingerprint density at radius 3 is 2.59 bits per heavy atom. The zero-order chi connectivity index (χ0) is 22.3. The molecule has 0 atom stereocenters. The van der Waals surface area contributed by atoms with Crippen LogP contribution < -0.4 is 10.6 Å². The molecule has 0 unspecified atom stereocenters. The fraction of sp³-hybridized carbons (Fsp3) is 0.185. The van der Waals surface area contributed by atoms with Crippen molar-refractivity contribution >= 4 is 33.8 Å². The molecule has 5 heteroatoms. The highest BCUT2D eigenvalue weighted by molar-refractivity contribution is 7.14. The Morgan fingerprint density at radius 2 is 1.81 bits per heavy atom. The number of carbonyl (C=O) groups is 1. The topological polar surface area (TPSA) is 54.0 Å². The van der Waals surface area contributed by atoms with Gasteiger partial charge in [0.05, 0.1) is 5.69 Å². The third-order valence-corrected chi connectivity index (χ3v) is 6.10. The van der Waals surface area contributed by atoms with E-state index >= 15 is 0 Å². The first-order valence-electron chi connectivity index (χ1n) is 10.9. The van der Waals surface area contributed by atoms with E-state index in [-0.39, 0.29) is 5.91 Å². The fourth-order valence-corrected chi connectivity index (χ4v) is 4.19. The molecule has 3 aromatic carbocycles. The summed E-state index contributed by atoms with van der Waals surface area (Å²) in [6, 6.07) is 23.8. The number of amides is 1. The molecule has 2 N–H and O–H groups in total. The largest absolute Gasteiger partial charge is 0.331 e. The first kappa shape index (κ1) is 21.8. The number of aromatic nitrogens is 1. The van der Waals surface area contributed by atoms with Crippen LogP contribution >= 0.6 is 11.3 Å². The van der Waals surface area contributed by atoms with Gasteiger partial charge in [0.2, 0.25) is 0 Å². The van der Waals surface area contributed by atoms with Gasteiger partial charge in [-0.3, -0.25) is 4.79 Å². The summed E-state index contributed by atoms with van der Waals surface area (Å²) in [7, 11) is 0. The number of hydrogen-bond donors (Lipinski definition) is 2. The second-order valence-corrected chi connectivity index (χ2v) is 8.67. The zero-order valence-electron chi connectivity index (χ0n) is 18.4. The molecule has 0 spiro atoms. The molecule has 0 aliphatic heterocycles. The van der Waals surface area contributed by atoms with Gasteiger partial charge >= 0.3 is 0 Å². The molecule has 1 aromatic heterocycles. The van der Waals surface area contributed by atoms with Gasteiger partial charge in [0.1, 0.15) is 0 Å². The summed E-state index contributed by atoms with van der Waals surface area (Å²) >= 11 is 1.56. The number of rotatable bonds is 8. The van der Waals surface area contributed by atoms with Crippen molar-refractivity contribution in [3.05, 3.63) is 94.9 Å². The predicted molar refractivity (Wildman–Crippen MR) is 135 cm³/mol. The number of nitrogens with one attached hydrogen (secondary N) is 2. The lowest BCUT2D eigenvalue weighted by Crippen LogP contribution is -2.11. The molecular weight excluding hydrogens is 414 g/mol. The van der Waals surface area contributed by atoms with E-state index in [9.17, 15) is 4.79 Å². The maximum atomic E-state index is 12.7. The molecular formula is C27H27N3OS. The standard InChI is InChI=1S/C27H27N3OS/c1-3-4-9-20-13-15-21(16-14-20)26(31)28-23-11-7-10-22(17-23)25-18-32-27(30-25)29-24-12-6-5-8-19(24)2/h5-8,10-18H,3-4,9H2,1-2H3,(H,28,31)(H,29,30). The molecule has 32 heavy (non-hydrogen) atoms. The molecule has 4 aromatic rings. The molecule has 4 nitrogen and oxygen atoms in total. The predicted octanol–water partition coefficient (Wildman–Crippen LogP) is 7.46. The number of para-hydroxylation sites is 1. The van der Waals surface area contributed by atoms with Crippen LogP contribution in [0.15, 0.2) is 78.2 Å². The summed E-state index contributed by atoms with van der Waals surface area (Å²) in [5, 5.41) is 9.26. The lowest BCUT2D eigenvalue weighted by atomic mass is 10.1. The number of nitrogens with zero attached hydrogens (tertiary/aromatic N) is 1. The summed E-state index contributed by atoms with van der Waals surface area (Å²) in [6.07, 6.45) is 3.38. The number of thiazole rings is 1. The quantitative estimate of drug-likeness (QED) is 0.298. The SMILES string of the molecule is CCCCc1ccc(C(=O)Nc2cccc(-c3csc(Nc4ccccc4C)n3)c2)cc1. The van der Waals surface area contributed by atoms with Crippen LogP contribution in [0.5, 0.6) is 0 Å². The first-order valence-corrected chi connectivity index (χ1v) is 11.8. The number of anilines is 3. The number of aryl methyl sites for hydroxylation is 2. The van der Waals surface area contributed by atoms with Crippen molar-refractivity contribution in [2.75, 3.05) is 10.6 Å². The summed E-state index contributed by atoms with van der Waals surface area (Å²) in [5.41, 5.74) is 6.75. The second kappa shape index (κ2) is 10.2. The van der Waals surface area contributed by atoms with Crippen molar-refractivity contribution in [2.24, 2.45) is 0 Å². The Kier molecular flexibility index (Phi) is 6.97. The molecule has 1 amide bonds. The van der Waals surface area contributed by atoms with Crippen molar-refractivity contribution in [3.63, 3.8) is 0 Å². The number of carbonyl (C=O) groups excluding carboxylic acids is 1. The van der Waals surface area contributed by atoms with Gasteiger partial charge in [-0.2, -0.15) is 0 Å². The Bertz CT molecular complexity index is 1200. The summed E-state index contributed by atoms with van der Waals surface area (Å²) in [4.78, 5) is 17.4. The van der Waals surface area contributed by atoms with Crippen molar-refractivity contribution in [2.45, 2.75) is 33.1 Å². The van der Waals surface area contributed by atoms with E-state index in [0.29, 0.717) is 5.56 Å². The normalized spacial score (nSPS) is 10.7. The number of unbranched alkanes of at least 4 members (excludes halogenated alkanes) is 1. The van der Waals surface area contributed by atoms with E-state index in [2.05, 4.69) is 30.5 Å². The highest BCUT2D eigenvalue weighted by atomic mass is 32.1. The van der Waals surface area contributed by atoms with Crippen LogP contribution in [0.4, 0.5) is 16.5 Å². The molecule has 0 fully saturated rings. The lowest BCUT2D eigenvalue weighted by Gasteiger charge is -2.08. The van der Waals surface area contributed by atoms with Gasteiger partial charge in [0, 0.05) is 27.9 Å². The maximum Gasteiger partial charge on any atom is 0.255 e. The molecule has 1 heterocycles. The van der Waals surface area contributed by atoms with E-state index in [1.165, 1.54) is 17.5 Å². The molecule has 0 bridgehead atoms. The third kappa shape index (κ3) is 5.42. The van der Waals surface area contributed by atoms with Gasteiger partial charge in [0.25, 0.3) is 5.91 Å². The van der Waals surface area contributed by atoms with Crippen molar-refractivity contribution in [1.29, 1.82) is 0 Å². The Hall–Kier alpha value is -3.44. The monoisotopic (exact) mass is 441 g/mol. The highest BCUT2D eigenvalue weighted by Gasteiger charge is 2.10. The highest BCUT2D eigenvalue weighted by Crippen LogP contribution is 2.29. The second-order valence-electron chi connectivity index (χ2n) is 7.81. The summed E-state index contributed by atoms with van der Waals surface area (Å²) < 4.78 is 0. The zero-order valence-corrected chi connectivity index (χ0v) is 19.2. The number of benzene rings is 3. The van der Waals surface area contributed by atoms with E-state index in [1.807, 2.05) is 72.1 Å². The van der Waals surface area contributed by atoms with E-state index in [1.54, 1.807) is 11.3 Å². The van der Waals surface area contributed by atoms with Gasteiger partial charge in [-0.25, -0.2) is 4.98 Å². The Morgan fingerprint density at radius 1 is 1.00 bits per heavy atom. The molecule has 162 valence electrons. The van der Waals surface area contributed by atoms with E-state index in [0.717, 1.165) is 40.6 Å². The van der Waals surface area contributed by atoms with Crippen LogP contribution in [-0.2, 0) is 6.42 Å². The van der Waals surface area contributed by atoms with Crippen LogP contribution in [0, 0.1) is 6.92 Å². The summed E-state index contributed by atoms with van der Waals surface area (Å²) in [5.74, 6) is -0.107. The van der Waals surface area contributed by atoms with Crippen molar-refractivity contribution in [3.8, 4) is 11.3 Å². The van der Waals surface area contributed by atoms with Crippen LogP contribution in [-0.4, -0.2) is 10.9 Å². The number of hydrogen-bond acceptors (Lipinski definition) is 4. The van der Waals surface area contributed by atoms with Gasteiger partial charge in [-0.15, -0.1) is 11.3 Å². The van der Waals surface area contributed by atoms with Crippen LogP contribution in [0.25, 0.3) is 11.3 Å². The Balaban J connectivity index is 1.44. The first-order chi connectivity index (χ1) is 15.6. The average molecular weight is 442 g/mol. The Labute approximate surface area is 193 Å². The fourth-order valence-electron chi connectivity index (χ4n) is 3.46. The van der Waals surface area contributed by atoms with Gasteiger partial charge < -0.3 is 10.6 Å². The van der Waals surface area contributed by atoms with Gasteiger partial charge in [-0.1, -0.05) is 55.8 Å². The van der Waals surface area contributed by atoms with Gasteiger partial charge in [-0.05, 0) is 61.2 Å². The van der Waals surface area contributed by atoms with Crippen LogP contribution in [0.2, 0.25) is 0 Å². The van der Waals surface area contributed by atoms with Crippen LogP contribution in [0.3, 0.4) is 0 Å². The third-order valence-electron chi connectivity index (χ3n) is 5.34. The molecule has 0 saturated heterocycles. The molecule has 0 saturated carbocycles. The smallest absolute Gasteiger partial charge is 0.255 e. The minimum atomic E-state index is -0.107. The molecule has 0 aliphatic rings. The summed E-state index contributed by atoms with van der Waals surface area (Å²) in [6.45, 7) is 4.25. The minimum Gasteiger partial charge on any atom is -0.331 e. The lowest BCUT2D eigenvalue weighted by molar-refractivity contribution is 0.102. The molecule has 4 rings (SSSR count). The molecule has 0 aliphatic carbocycles. The average Bonchev–Trinajstić information content (AvgIpc) is 3.28. The van der Waals surface area contributed by atoms with Crippen molar-refractivity contribution < 1.29 is 4.79 Å².